The molecule has 3 rings (SSSR count). The van der Waals surface area contributed by atoms with Crippen molar-refractivity contribution in [2.45, 2.75) is 38.6 Å². The van der Waals surface area contributed by atoms with E-state index >= 15 is 0 Å². The molecule has 31 heavy (non-hydrogen) atoms. The first kappa shape index (κ1) is 23.5. The molecule has 0 saturated carbocycles. The van der Waals surface area contributed by atoms with Gasteiger partial charge in [-0.15, -0.1) is 0 Å². The van der Waals surface area contributed by atoms with Crippen molar-refractivity contribution in [2.75, 3.05) is 25.1 Å². The third kappa shape index (κ3) is 6.41. The molecule has 0 fully saturated rings. The van der Waals surface area contributed by atoms with Gasteiger partial charge in [0.1, 0.15) is 30.6 Å². The number of ether oxygens (including phenoxy) is 1. The third-order valence-electron chi connectivity index (χ3n) is 4.69. The van der Waals surface area contributed by atoms with E-state index in [0.29, 0.717) is 23.1 Å². The molecule has 0 unspecified atom stereocenters. The molecule has 0 aliphatic rings. The molecule has 6 nitrogen and oxygen atoms in total. The van der Waals surface area contributed by atoms with Crippen LogP contribution in [0, 0.1) is 0 Å². The number of rotatable bonds is 8. The molecule has 0 N–H and O–H groups in total. The number of fused-ring (bicyclic) bond motifs is 1. The van der Waals surface area contributed by atoms with Gasteiger partial charge in [-0.05, 0) is 18.2 Å². The van der Waals surface area contributed by atoms with Gasteiger partial charge >= 0.3 is 6.18 Å². The van der Waals surface area contributed by atoms with Crippen molar-refractivity contribution in [1.82, 2.24) is 19.5 Å². The maximum absolute atomic E-state index is 12.8. The molecule has 0 amide bonds. The second kappa shape index (κ2) is 9.13. The first-order valence-corrected chi connectivity index (χ1v) is 13.8. The Bertz CT molecular complexity index is 1050. The van der Waals surface area contributed by atoms with Crippen LogP contribution in [0.5, 0.6) is 0 Å². The molecule has 0 spiro atoms. The summed E-state index contributed by atoms with van der Waals surface area (Å²) < 4.78 is 46.2. The second-order valence-corrected chi connectivity index (χ2v) is 14.6. The van der Waals surface area contributed by atoms with E-state index in [0.717, 1.165) is 21.8 Å². The molecule has 3 heterocycles. The third-order valence-corrected chi connectivity index (χ3v) is 6.60. The van der Waals surface area contributed by atoms with Crippen LogP contribution in [0.15, 0.2) is 30.7 Å². The fraction of sp³-hybridized carbons (Fsp3) is 0.450. The van der Waals surface area contributed by atoms with Crippen LogP contribution in [0.3, 0.4) is 0 Å². The monoisotopic (exact) mass is 471 g/mol. The largest absolute Gasteiger partial charge is 0.405 e. The smallest absolute Gasteiger partial charge is 0.361 e. The standard InChI is InChI=1S/C20H25ClF3N5OSi/c1-28(11-20(22,23)24)19-8-15(26-12-27-19)17-7-14-10-25-18(21)9-16(14)29(17)13-30-5-6-31(2,3)4/h7-10,12H,5-6,11,13H2,1-4H3. The minimum absolute atomic E-state index is 0.176. The SMILES string of the molecule is CN(CC(F)(F)F)c1cc(-c2cc3cnc(Cl)cc3n2COCC[Si](C)(C)C)ncn1. The van der Waals surface area contributed by atoms with Gasteiger partial charge in [0.25, 0.3) is 0 Å². The Morgan fingerprint density at radius 2 is 1.87 bits per heavy atom. The van der Waals surface area contributed by atoms with E-state index in [1.807, 2.05) is 10.6 Å². The number of alkyl halides is 3. The van der Waals surface area contributed by atoms with Crippen molar-refractivity contribution in [1.29, 1.82) is 0 Å². The van der Waals surface area contributed by atoms with Crippen LogP contribution < -0.4 is 4.90 Å². The molecule has 0 aliphatic heterocycles. The molecule has 3 aromatic rings. The van der Waals surface area contributed by atoms with Crippen molar-refractivity contribution in [3.8, 4) is 11.4 Å². The Kier molecular flexibility index (Phi) is 6.92. The van der Waals surface area contributed by atoms with E-state index in [4.69, 9.17) is 16.3 Å². The Labute approximate surface area is 185 Å². The summed E-state index contributed by atoms with van der Waals surface area (Å²) in [6.45, 7) is 6.61. The van der Waals surface area contributed by atoms with Crippen LogP contribution in [-0.2, 0) is 11.5 Å². The van der Waals surface area contributed by atoms with Gasteiger partial charge in [-0.2, -0.15) is 13.2 Å². The lowest BCUT2D eigenvalue weighted by Gasteiger charge is -2.20. The highest BCUT2D eigenvalue weighted by Crippen LogP contribution is 2.30. The molecule has 168 valence electrons. The quantitative estimate of drug-likeness (QED) is 0.248. The van der Waals surface area contributed by atoms with Crippen molar-refractivity contribution in [2.24, 2.45) is 0 Å². The summed E-state index contributed by atoms with van der Waals surface area (Å²) in [6, 6.07) is 6.16. The van der Waals surface area contributed by atoms with Gasteiger partial charge in [0.15, 0.2) is 0 Å². The number of nitrogens with zero attached hydrogens (tertiary/aromatic N) is 5. The minimum atomic E-state index is -4.33. The summed E-state index contributed by atoms with van der Waals surface area (Å²) in [5, 5.41) is 1.17. The normalized spacial score (nSPS) is 12.5. The molecule has 0 aromatic carbocycles. The molecule has 3 aromatic heterocycles. The number of aromatic nitrogens is 4. The highest BCUT2D eigenvalue weighted by atomic mass is 35.5. The van der Waals surface area contributed by atoms with Gasteiger partial charge in [-0.3, -0.25) is 0 Å². The molecule has 0 bridgehead atoms. The molecule has 0 atom stereocenters. The zero-order valence-corrected chi connectivity index (χ0v) is 19.6. The van der Waals surface area contributed by atoms with Gasteiger partial charge in [0.05, 0.1) is 16.9 Å². The summed E-state index contributed by atoms with van der Waals surface area (Å²) in [4.78, 5) is 13.5. The van der Waals surface area contributed by atoms with Gasteiger partial charge in [-0.25, -0.2) is 15.0 Å². The molecule has 11 heteroatoms. The number of hydrogen-bond acceptors (Lipinski definition) is 5. The van der Waals surface area contributed by atoms with Crippen molar-refractivity contribution in [3.05, 3.63) is 35.9 Å². The molecule has 0 radical (unpaired) electrons. The van der Waals surface area contributed by atoms with E-state index in [-0.39, 0.29) is 12.5 Å². The predicted octanol–water partition coefficient (Wildman–Crippen LogP) is 5.46. The fourth-order valence-electron chi connectivity index (χ4n) is 3.06. The van der Waals surface area contributed by atoms with Crippen LogP contribution in [0.25, 0.3) is 22.3 Å². The lowest BCUT2D eigenvalue weighted by molar-refractivity contribution is -0.119. The topological polar surface area (TPSA) is 56.1 Å². The molecular weight excluding hydrogens is 447 g/mol. The summed E-state index contributed by atoms with van der Waals surface area (Å²) in [5.41, 5.74) is 1.99. The predicted molar refractivity (Wildman–Crippen MR) is 119 cm³/mol. The van der Waals surface area contributed by atoms with E-state index in [9.17, 15) is 13.2 Å². The van der Waals surface area contributed by atoms with Crippen molar-refractivity contribution < 1.29 is 17.9 Å². The van der Waals surface area contributed by atoms with E-state index < -0.39 is 20.8 Å². The Morgan fingerprint density at radius 3 is 2.55 bits per heavy atom. The summed E-state index contributed by atoms with van der Waals surface area (Å²) in [6.07, 6.45) is -1.42. The lowest BCUT2D eigenvalue weighted by atomic mass is 10.2. The number of anilines is 1. The Hall–Kier alpha value is -2.17. The van der Waals surface area contributed by atoms with Crippen LogP contribution >= 0.6 is 11.6 Å². The molecule has 0 aliphatic carbocycles. The van der Waals surface area contributed by atoms with E-state index in [1.165, 1.54) is 19.4 Å². The van der Waals surface area contributed by atoms with Crippen LogP contribution in [0.2, 0.25) is 30.8 Å². The fourth-order valence-corrected chi connectivity index (χ4v) is 3.97. The van der Waals surface area contributed by atoms with Crippen LogP contribution in [0.1, 0.15) is 0 Å². The number of pyridine rings is 1. The minimum Gasteiger partial charge on any atom is -0.361 e. The van der Waals surface area contributed by atoms with E-state index in [2.05, 4.69) is 34.6 Å². The van der Waals surface area contributed by atoms with E-state index in [1.54, 1.807) is 12.3 Å². The average Bonchev–Trinajstić information content (AvgIpc) is 3.01. The Balaban J connectivity index is 1.95. The summed E-state index contributed by atoms with van der Waals surface area (Å²) >= 11 is 6.10. The maximum Gasteiger partial charge on any atom is 0.405 e. The van der Waals surface area contributed by atoms with Crippen molar-refractivity contribution >= 4 is 36.4 Å². The highest BCUT2D eigenvalue weighted by Gasteiger charge is 2.30. The maximum atomic E-state index is 12.8. The van der Waals surface area contributed by atoms with Gasteiger partial charge < -0.3 is 14.2 Å². The zero-order valence-electron chi connectivity index (χ0n) is 17.9. The van der Waals surface area contributed by atoms with Crippen LogP contribution in [-0.4, -0.2) is 54.0 Å². The first-order chi connectivity index (χ1) is 14.4. The molecular formula is C20H25ClF3N5OSi. The number of halogens is 4. The average molecular weight is 472 g/mol. The van der Waals surface area contributed by atoms with Gasteiger partial charge in [0.2, 0.25) is 0 Å². The zero-order chi connectivity index (χ0) is 22.8. The van der Waals surface area contributed by atoms with Crippen molar-refractivity contribution in [3.63, 3.8) is 0 Å². The summed E-state index contributed by atoms with van der Waals surface area (Å²) in [7, 11) is 0.103. The molecule has 0 saturated heterocycles. The highest BCUT2D eigenvalue weighted by molar-refractivity contribution is 6.76. The Morgan fingerprint density at radius 1 is 1.13 bits per heavy atom. The lowest BCUT2D eigenvalue weighted by Crippen LogP contribution is -2.31. The summed E-state index contributed by atoms with van der Waals surface area (Å²) in [5.74, 6) is 0.176. The van der Waals surface area contributed by atoms with Crippen LogP contribution in [0.4, 0.5) is 19.0 Å². The second-order valence-electron chi connectivity index (χ2n) is 8.60. The van der Waals surface area contributed by atoms with Gasteiger partial charge in [-0.1, -0.05) is 31.2 Å². The number of hydrogen-bond donors (Lipinski definition) is 0. The van der Waals surface area contributed by atoms with Gasteiger partial charge in [0, 0.05) is 39.4 Å². The first-order valence-electron chi connectivity index (χ1n) is 9.76.